The second-order valence-electron chi connectivity index (χ2n) is 5.56. The van der Waals surface area contributed by atoms with Gasteiger partial charge in [0.2, 0.25) is 5.91 Å². The van der Waals surface area contributed by atoms with Gasteiger partial charge in [0, 0.05) is 23.9 Å². The first-order valence-electron chi connectivity index (χ1n) is 6.87. The number of hydrogen-bond donors (Lipinski definition) is 3. The zero-order chi connectivity index (χ0) is 15.9. The Bertz CT molecular complexity index is 470. The third-order valence-corrected chi connectivity index (χ3v) is 3.23. The number of amides is 1. The lowest BCUT2D eigenvalue weighted by Gasteiger charge is -2.27. The van der Waals surface area contributed by atoms with E-state index in [2.05, 4.69) is 5.32 Å². The van der Waals surface area contributed by atoms with E-state index in [0.29, 0.717) is 12.0 Å². The summed E-state index contributed by atoms with van der Waals surface area (Å²) in [6, 6.07) is 8.86. The predicted octanol–water partition coefficient (Wildman–Crippen LogP) is 0.959. The molecule has 0 heterocycles. The summed E-state index contributed by atoms with van der Waals surface area (Å²) in [5.74, 6) is -0.643. The molecule has 0 aromatic heterocycles. The fourth-order valence-corrected chi connectivity index (χ4v) is 1.66. The highest BCUT2D eigenvalue weighted by molar-refractivity contribution is 6.02. The van der Waals surface area contributed by atoms with Gasteiger partial charge in [-0.25, -0.2) is 0 Å². The van der Waals surface area contributed by atoms with Crippen LogP contribution in [0, 0.1) is 11.8 Å². The van der Waals surface area contributed by atoms with Crippen LogP contribution in [0.15, 0.2) is 30.3 Å². The number of rotatable bonds is 8. The summed E-state index contributed by atoms with van der Waals surface area (Å²) in [6.45, 7) is 3.17. The van der Waals surface area contributed by atoms with Gasteiger partial charge in [0.1, 0.15) is 6.10 Å². The normalized spacial score (nSPS) is 12.8. The number of Topliss-reactive ketones (excluding diaryl/α,β-unsaturated/α-hetero) is 1. The number of aliphatic hydroxyl groups is 2. The molecule has 0 saturated heterocycles. The van der Waals surface area contributed by atoms with Gasteiger partial charge in [0.15, 0.2) is 5.78 Å². The Morgan fingerprint density at radius 3 is 2.48 bits per heavy atom. The van der Waals surface area contributed by atoms with E-state index < -0.39 is 17.4 Å². The lowest BCUT2D eigenvalue weighted by atomic mass is 9.87. The van der Waals surface area contributed by atoms with Crippen LogP contribution < -0.4 is 5.32 Å². The average Bonchev–Trinajstić information content (AvgIpc) is 2.51. The van der Waals surface area contributed by atoms with Gasteiger partial charge in [-0.1, -0.05) is 44.2 Å². The van der Waals surface area contributed by atoms with E-state index in [1.54, 1.807) is 38.1 Å². The Labute approximate surface area is 125 Å². The zero-order valence-electron chi connectivity index (χ0n) is 12.4. The molecule has 1 unspecified atom stereocenters. The van der Waals surface area contributed by atoms with Crippen molar-refractivity contribution in [1.82, 2.24) is 5.32 Å². The van der Waals surface area contributed by atoms with Crippen molar-refractivity contribution in [3.05, 3.63) is 42.3 Å². The Morgan fingerprint density at radius 1 is 1.29 bits per heavy atom. The molecule has 0 saturated carbocycles. The SMILES string of the molecule is CC(C)(CO)C(O)C(=O)NCC[CH]C(=O)c1ccccc1. The molecule has 5 heteroatoms. The third kappa shape index (κ3) is 5.28. The molecule has 1 rings (SSSR count). The molecule has 1 radical (unpaired) electrons. The molecule has 21 heavy (non-hydrogen) atoms. The van der Waals surface area contributed by atoms with E-state index in [1.807, 2.05) is 6.07 Å². The molecule has 0 fully saturated rings. The molecule has 115 valence electrons. The fraction of sp³-hybridized carbons (Fsp3) is 0.438. The largest absolute Gasteiger partial charge is 0.396 e. The van der Waals surface area contributed by atoms with Crippen LogP contribution >= 0.6 is 0 Å². The van der Waals surface area contributed by atoms with E-state index in [-0.39, 0.29) is 18.9 Å². The highest BCUT2D eigenvalue weighted by Gasteiger charge is 2.32. The van der Waals surface area contributed by atoms with Crippen molar-refractivity contribution < 1.29 is 19.8 Å². The summed E-state index contributed by atoms with van der Waals surface area (Å²) in [4.78, 5) is 23.5. The first-order valence-corrected chi connectivity index (χ1v) is 6.87. The Morgan fingerprint density at radius 2 is 1.90 bits per heavy atom. The van der Waals surface area contributed by atoms with E-state index in [0.717, 1.165) is 0 Å². The Hall–Kier alpha value is -1.72. The fourth-order valence-electron chi connectivity index (χ4n) is 1.66. The van der Waals surface area contributed by atoms with Crippen LogP contribution in [0.5, 0.6) is 0 Å². The maximum atomic E-state index is 11.8. The van der Waals surface area contributed by atoms with E-state index in [1.165, 1.54) is 6.42 Å². The molecule has 0 spiro atoms. The van der Waals surface area contributed by atoms with Gasteiger partial charge in [0.05, 0.1) is 6.61 Å². The molecule has 5 nitrogen and oxygen atoms in total. The second-order valence-corrected chi connectivity index (χ2v) is 5.56. The van der Waals surface area contributed by atoms with Crippen molar-refractivity contribution in [3.63, 3.8) is 0 Å². The summed E-state index contributed by atoms with van der Waals surface area (Å²) >= 11 is 0. The van der Waals surface area contributed by atoms with E-state index in [4.69, 9.17) is 5.11 Å². The number of benzene rings is 1. The number of aliphatic hydroxyl groups excluding tert-OH is 2. The quantitative estimate of drug-likeness (QED) is 0.492. The van der Waals surface area contributed by atoms with E-state index in [9.17, 15) is 14.7 Å². The molecule has 0 aliphatic carbocycles. The van der Waals surface area contributed by atoms with Crippen LogP contribution in [0.3, 0.4) is 0 Å². The lowest BCUT2D eigenvalue weighted by Crippen LogP contribution is -2.45. The minimum atomic E-state index is -1.28. The van der Waals surface area contributed by atoms with Crippen LogP contribution in [0.25, 0.3) is 0 Å². The molecular formula is C16H22NO4. The van der Waals surface area contributed by atoms with Crippen molar-refractivity contribution in [2.45, 2.75) is 26.4 Å². The minimum absolute atomic E-state index is 0.0962. The zero-order valence-corrected chi connectivity index (χ0v) is 12.4. The number of carbonyl (C=O) groups excluding carboxylic acids is 2. The Kier molecular flexibility index (Phi) is 6.52. The summed E-state index contributed by atoms with van der Waals surface area (Å²) in [5, 5.41) is 21.4. The molecule has 1 aromatic carbocycles. The molecule has 3 N–H and O–H groups in total. The van der Waals surface area contributed by atoms with Crippen molar-refractivity contribution in [1.29, 1.82) is 0 Å². The highest BCUT2D eigenvalue weighted by atomic mass is 16.3. The molecule has 1 amide bonds. The molecule has 0 bridgehead atoms. The van der Waals surface area contributed by atoms with Gasteiger partial charge in [-0.05, 0) is 6.42 Å². The standard InChI is InChI=1S/C16H22NO4/c1-16(2,11-18)14(20)15(21)17-10-6-9-13(19)12-7-4-3-5-8-12/h3-5,7-9,14,18,20H,6,10-11H2,1-2H3,(H,17,21). The Balaban J connectivity index is 2.31. The summed E-state index contributed by atoms with van der Waals surface area (Å²) in [7, 11) is 0. The van der Waals surface area contributed by atoms with E-state index >= 15 is 0 Å². The molecular weight excluding hydrogens is 270 g/mol. The first-order chi connectivity index (χ1) is 9.88. The van der Waals surface area contributed by atoms with Crippen molar-refractivity contribution >= 4 is 11.7 Å². The monoisotopic (exact) mass is 292 g/mol. The average molecular weight is 292 g/mol. The molecule has 1 atom stereocenters. The van der Waals surface area contributed by atoms with Gasteiger partial charge < -0.3 is 15.5 Å². The molecule has 0 aliphatic rings. The smallest absolute Gasteiger partial charge is 0.249 e. The maximum absolute atomic E-state index is 11.8. The predicted molar refractivity (Wildman–Crippen MR) is 79.6 cm³/mol. The van der Waals surface area contributed by atoms with Gasteiger partial charge >= 0.3 is 0 Å². The van der Waals surface area contributed by atoms with Crippen LogP contribution in [-0.4, -0.2) is 41.2 Å². The van der Waals surface area contributed by atoms with Gasteiger partial charge in [-0.15, -0.1) is 0 Å². The lowest BCUT2D eigenvalue weighted by molar-refractivity contribution is -0.137. The highest BCUT2D eigenvalue weighted by Crippen LogP contribution is 2.19. The first kappa shape index (κ1) is 17.3. The summed E-state index contributed by atoms with van der Waals surface area (Å²) in [5.41, 5.74) is -0.293. The van der Waals surface area contributed by atoms with Gasteiger partial charge in [-0.2, -0.15) is 0 Å². The molecule has 1 aromatic rings. The van der Waals surface area contributed by atoms with Gasteiger partial charge in [0.25, 0.3) is 0 Å². The summed E-state index contributed by atoms with van der Waals surface area (Å²) in [6.07, 6.45) is 0.595. The van der Waals surface area contributed by atoms with Crippen LogP contribution in [0.2, 0.25) is 0 Å². The van der Waals surface area contributed by atoms with Crippen molar-refractivity contribution in [2.24, 2.45) is 5.41 Å². The number of hydrogen-bond acceptors (Lipinski definition) is 4. The van der Waals surface area contributed by atoms with Crippen molar-refractivity contribution in [2.75, 3.05) is 13.2 Å². The number of carbonyl (C=O) groups is 2. The maximum Gasteiger partial charge on any atom is 0.249 e. The minimum Gasteiger partial charge on any atom is -0.396 e. The van der Waals surface area contributed by atoms with Crippen LogP contribution in [0.1, 0.15) is 30.6 Å². The third-order valence-electron chi connectivity index (χ3n) is 3.23. The topological polar surface area (TPSA) is 86.6 Å². The van der Waals surface area contributed by atoms with Crippen molar-refractivity contribution in [3.8, 4) is 0 Å². The number of nitrogens with one attached hydrogen (secondary N) is 1. The number of ketones is 1. The molecule has 0 aliphatic heterocycles. The van der Waals surface area contributed by atoms with Crippen LogP contribution in [0.4, 0.5) is 0 Å². The van der Waals surface area contributed by atoms with Gasteiger partial charge in [-0.3, -0.25) is 9.59 Å². The van der Waals surface area contributed by atoms with Crippen LogP contribution in [-0.2, 0) is 4.79 Å². The summed E-state index contributed by atoms with van der Waals surface area (Å²) < 4.78 is 0. The second kappa shape index (κ2) is 7.90.